The lowest BCUT2D eigenvalue weighted by Crippen LogP contribution is -2.02. The predicted molar refractivity (Wildman–Crippen MR) is 81.7 cm³/mol. The van der Waals surface area contributed by atoms with Gasteiger partial charge in [0.2, 0.25) is 0 Å². The van der Waals surface area contributed by atoms with Crippen LogP contribution in [0.3, 0.4) is 0 Å². The summed E-state index contributed by atoms with van der Waals surface area (Å²) in [5, 5.41) is 4.34. The first-order valence-electron chi connectivity index (χ1n) is 6.86. The Bertz CT molecular complexity index is 732. The summed E-state index contributed by atoms with van der Waals surface area (Å²) < 4.78 is 14.7. The first kappa shape index (κ1) is 13.5. The van der Waals surface area contributed by atoms with Crippen LogP contribution in [-0.4, -0.2) is 16.3 Å². The van der Waals surface area contributed by atoms with Crippen LogP contribution in [0.2, 0.25) is 0 Å². The second-order valence-corrected chi connectivity index (χ2v) is 4.89. The summed E-state index contributed by atoms with van der Waals surface area (Å²) in [5.41, 5.74) is 9.77. The van der Waals surface area contributed by atoms with Crippen LogP contribution in [0.4, 0.5) is 4.39 Å². The molecule has 2 aromatic carbocycles. The van der Waals surface area contributed by atoms with Crippen molar-refractivity contribution in [2.24, 2.45) is 5.73 Å². The minimum absolute atomic E-state index is 0.249. The fourth-order valence-corrected chi connectivity index (χ4v) is 2.28. The number of hydrogen-bond donors (Lipinski definition) is 1. The zero-order chi connectivity index (χ0) is 14.7. The Labute approximate surface area is 122 Å². The van der Waals surface area contributed by atoms with Crippen LogP contribution < -0.4 is 5.73 Å². The molecule has 3 rings (SSSR count). The zero-order valence-electron chi connectivity index (χ0n) is 11.5. The van der Waals surface area contributed by atoms with Crippen molar-refractivity contribution in [3.8, 4) is 16.8 Å². The quantitative estimate of drug-likeness (QED) is 0.798. The van der Waals surface area contributed by atoms with Gasteiger partial charge in [0.15, 0.2) is 0 Å². The highest BCUT2D eigenvalue weighted by atomic mass is 19.1. The van der Waals surface area contributed by atoms with E-state index in [2.05, 4.69) is 17.2 Å². The van der Waals surface area contributed by atoms with Crippen molar-refractivity contribution in [1.82, 2.24) is 9.78 Å². The van der Waals surface area contributed by atoms with E-state index < -0.39 is 0 Å². The minimum Gasteiger partial charge on any atom is -0.330 e. The number of aromatic nitrogens is 2. The van der Waals surface area contributed by atoms with Crippen molar-refractivity contribution in [3.63, 3.8) is 0 Å². The topological polar surface area (TPSA) is 43.8 Å². The monoisotopic (exact) mass is 281 g/mol. The van der Waals surface area contributed by atoms with Crippen LogP contribution >= 0.6 is 0 Å². The SMILES string of the molecule is NCCc1cccc(-c2cnn(-c3ccc(F)cc3)c2)c1. The Morgan fingerprint density at radius 2 is 1.86 bits per heavy atom. The molecule has 0 bridgehead atoms. The van der Waals surface area contributed by atoms with E-state index in [-0.39, 0.29) is 5.82 Å². The number of rotatable bonds is 4. The van der Waals surface area contributed by atoms with E-state index in [9.17, 15) is 4.39 Å². The summed E-state index contributed by atoms with van der Waals surface area (Å²) >= 11 is 0. The molecule has 0 aliphatic carbocycles. The molecule has 2 N–H and O–H groups in total. The summed E-state index contributed by atoms with van der Waals surface area (Å²) in [6, 6.07) is 14.5. The van der Waals surface area contributed by atoms with Crippen molar-refractivity contribution in [1.29, 1.82) is 0 Å². The highest BCUT2D eigenvalue weighted by Gasteiger charge is 2.04. The van der Waals surface area contributed by atoms with Gasteiger partial charge in [-0.3, -0.25) is 0 Å². The molecule has 106 valence electrons. The molecule has 0 saturated heterocycles. The molecule has 0 aliphatic heterocycles. The number of benzene rings is 2. The molecule has 3 nitrogen and oxygen atoms in total. The van der Waals surface area contributed by atoms with Crippen LogP contribution in [0.25, 0.3) is 16.8 Å². The fourth-order valence-electron chi connectivity index (χ4n) is 2.28. The van der Waals surface area contributed by atoms with Crippen LogP contribution in [0.5, 0.6) is 0 Å². The highest BCUT2D eigenvalue weighted by molar-refractivity contribution is 5.63. The predicted octanol–water partition coefficient (Wildman–Crippen LogP) is 3.18. The van der Waals surface area contributed by atoms with E-state index in [1.165, 1.54) is 17.7 Å². The molecule has 0 spiro atoms. The Kier molecular flexibility index (Phi) is 3.79. The van der Waals surface area contributed by atoms with Crippen LogP contribution in [0.1, 0.15) is 5.56 Å². The maximum Gasteiger partial charge on any atom is 0.123 e. The van der Waals surface area contributed by atoms with Gasteiger partial charge < -0.3 is 5.73 Å². The summed E-state index contributed by atoms with van der Waals surface area (Å²) in [7, 11) is 0. The molecule has 0 saturated carbocycles. The third kappa shape index (κ3) is 3.01. The summed E-state index contributed by atoms with van der Waals surface area (Å²) in [6.07, 6.45) is 4.61. The van der Waals surface area contributed by atoms with E-state index >= 15 is 0 Å². The lowest BCUT2D eigenvalue weighted by atomic mass is 10.0. The Morgan fingerprint density at radius 3 is 2.62 bits per heavy atom. The summed E-state index contributed by atoms with van der Waals surface area (Å²) in [4.78, 5) is 0. The van der Waals surface area contributed by atoms with E-state index in [1.54, 1.807) is 16.8 Å². The molecule has 0 amide bonds. The first-order valence-corrected chi connectivity index (χ1v) is 6.86. The van der Waals surface area contributed by atoms with Gasteiger partial charge in [-0.2, -0.15) is 5.10 Å². The van der Waals surface area contributed by atoms with Gasteiger partial charge >= 0.3 is 0 Å². The molecule has 1 heterocycles. The summed E-state index contributed by atoms with van der Waals surface area (Å²) in [6.45, 7) is 0.637. The average Bonchev–Trinajstić information content (AvgIpc) is 2.98. The third-order valence-electron chi connectivity index (χ3n) is 3.37. The van der Waals surface area contributed by atoms with Crippen LogP contribution in [0, 0.1) is 5.82 Å². The lowest BCUT2D eigenvalue weighted by Gasteiger charge is -2.02. The molecule has 1 aromatic heterocycles. The molecule has 0 atom stereocenters. The van der Waals surface area contributed by atoms with Crippen molar-refractivity contribution in [2.75, 3.05) is 6.54 Å². The Hall–Kier alpha value is -2.46. The zero-order valence-corrected chi connectivity index (χ0v) is 11.5. The molecule has 4 heteroatoms. The van der Waals surface area contributed by atoms with E-state index in [0.29, 0.717) is 6.54 Å². The Morgan fingerprint density at radius 1 is 1.05 bits per heavy atom. The van der Waals surface area contributed by atoms with Crippen molar-refractivity contribution in [3.05, 3.63) is 72.3 Å². The number of nitrogens with two attached hydrogens (primary N) is 1. The van der Waals surface area contributed by atoms with Gasteiger partial charge in [0, 0.05) is 11.8 Å². The highest BCUT2D eigenvalue weighted by Crippen LogP contribution is 2.21. The maximum atomic E-state index is 12.9. The van der Waals surface area contributed by atoms with Crippen molar-refractivity contribution < 1.29 is 4.39 Å². The molecule has 0 radical (unpaired) electrons. The van der Waals surface area contributed by atoms with Gasteiger partial charge in [0.25, 0.3) is 0 Å². The van der Waals surface area contributed by atoms with Gasteiger partial charge in [-0.1, -0.05) is 24.3 Å². The second kappa shape index (κ2) is 5.89. The van der Waals surface area contributed by atoms with Gasteiger partial charge in [-0.15, -0.1) is 0 Å². The third-order valence-corrected chi connectivity index (χ3v) is 3.37. The molecule has 0 unspecified atom stereocenters. The molecular weight excluding hydrogens is 265 g/mol. The van der Waals surface area contributed by atoms with Crippen LogP contribution in [-0.2, 0) is 6.42 Å². The van der Waals surface area contributed by atoms with Gasteiger partial charge in [-0.25, -0.2) is 9.07 Å². The first-order chi connectivity index (χ1) is 10.3. The van der Waals surface area contributed by atoms with Crippen molar-refractivity contribution >= 4 is 0 Å². The van der Waals surface area contributed by atoms with Gasteiger partial charge in [0.1, 0.15) is 5.82 Å². The minimum atomic E-state index is -0.249. The van der Waals surface area contributed by atoms with E-state index in [1.807, 2.05) is 24.5 Å². The standard InChI is InChI=1S/C17H16FN3/c18-16-4-6-17(7-5-16)21-12-15(11-20-21)14-3-1-2-13(10-14)8-9-19/h1-7,10-12H,8-9,19H2. The number of hydrogen-bond acceptors (Lipinski definition) is 2. The molecular formula is C17H16FN3. The summed E-state index contributed by atoms with van der Waals surface area (Å²) in [5.74, 6) is -0.249. The largest absolute Gasteiger partial charge is 0.330 e. The molecule has 0 fully saturated rings. The van der Waals surface area contributed by atoms with Crippen LogP contribution in [0.15, 0.2) is 60.9 Å². The van der Waals surface area contributed by atoms with E-state index in [4.69, 9.17) is 5.73 Å². The fraction of sp³-hybridized carbons (Fsp3) is 0.118. The lowest BCUT2D eigenvalue weighted by molar-refractivity contribution is 0.627. The molecule has 21 heavy (non-hydrogen) atoms. The number of halogens is 1. The normalized spacial score (nSPS) is 10.8. The van der Waals surface area contributed by atoms with Crippen molar-refractivity contribution in [2.45, 2.75) is 6.42 Å². The second-order valence-electron chi connectivity index (χ2n) is 4.89. The Balaban J connectivity index is 1.91. The van der Waals surface area contributed by atoms with Gasteiger partial charge in [-0.05, 0) is 48.4 Å². The maximum absolute atomic E-state index is 12.9. The van der Waals surface area contributed by atoms with E-state index in [0.717, 1.165) is 23.2 Å². The smallest absolute Gasteiger partial charge is 0.123 e. The number of nitrogens with zero attached hydrogens (tertiary/aromatic N) is 2. The van der Waals surface area contributed by atoms with Gasteiger partial charge in [0.05, 0.1) is 11.9 Å². The molecule has 3 aromatic rings. The average molecular weight is 281 g/mol. The molecule has 0 aliphatic rings.